The summed E-state index contributed by atoms with van der Waals surface area (Å²) in [7, 11) is 0. The van der Waals surface area contributed by atoms with Gasteiger partial charge in [0.15, 0.2) is 0 Å². The number of urea groups is 1. The number of carbonyl (C=O) groups excluding carboxylic acids is 3. The number of likely N-dealkylation sites (tertiary alicyclic amines) is 1. The molecule has 4 amide bonds. The summed E-state index contributed by atoms with van der Waals surface area (Å²) < 4.78 is 0. The fourth-order valence-corrected chi connectivity index (χ4v) is 3.72. The van der Waals surface area contributed by atoms with Crippen molar-refractivity contribution in [2.24, 2.45) is 0 Å². The highest BCUT2D eigenvalue weighted by atomic mass is 16.2. The van der Waals surface area contributed by atoms with Crippen molar-refractivity contribution in [3.05, 3.63) is 65.2 Å². The standard InChI is InChI=1S/C21H18N4O3/c1-13-2-8-16(9-3-13)25-20(27)18-17(23-21(25)28)10-11-24(18)19(26)15-6-4-14(12-22)5-7-15/h2-9,17-18H,10-11H2,1H3,(H,23,28). The van der Waals surface area contributed by atoms with Crippen LogP contribution >= 0.6 is 0 Å². The van der Waals surface area contributed by atoms with Crippen molar-refractivity contribution < 1.29 is 14.4 Å². The third-order valence-electron chi connectivity index (χ3n) is 5.20. The summed E-state index contributed by atoms with van der Waals surface area (Å²) in [6.07, 6.45) is 0.520. The summed E-state index contributed by atoms with van der Waals surface area (Å²) in [6, 6.07) is 13.8. The molecule has 2 unspecified atom stereocenters. The lowest BCUT2D eigenvalue weighted by molar-refractivity contribution is -0.122. The lowest BCUT2D eigenvalue weighted by Gasteiger charge is -2.36. The largest absolute Gasteiger partial charge is 0.332 e. The van der Waals surface area contributed by atoms with Crippen molar-refractivity contribution in [2.45, 2.75) is 25.4 Å². The number of nitrogens with one attached hydrogen (secondary N) is 1. The molecule has 0 saturated carbocycles. The Hall–Kier alpha value is -3.66. The first-order chi connectivity index (χ1) is 13.5. The molecule has 2 aliphatic heterocycles. The topological polar surface area (TPSA) is 93.5 Å². The number of nitriles is 1. The molecule has 0 radical (unpaired) electrons. The Morgan fingerprint density at radius 3 is 2.43 bits per heavy atom. The second-order valence-corrected chi connectivity index (χ2v) is 6.99. The summed E-state index contributed by atoms with van der Waals surface area (Å²) in [4.78, 5) is 41.3. The molecule has 2 aliphatic rings. The summed E-state index contributed by atoms with van der Waals surface area (Å²) in [5.74, 6) is -0.692. The molecule has 28 heavy (non-hydrogen) atoms. The van der Waals surface area contributed by atoms with Crippen LogP contribution in [0.25, 0.3) is 0 Å². The van der Waals surface area contributed by atoms with E-state index in [-0.39, 0.29) is 5.91 Å². The van der Waals surface area contributed by atoms with Gasteiger partial charge in [0.05, 0.1) is 23.4 Å². The maximum atomic E-state index is 13.2. The fraction of sp³-hybridized carbons (Fsp3) is 0.238. The zero-order valence-electron chi connectivity index (χ0n) is 15.3. The molecule has 4 rings (SSSR count). The third kappa shape index (κ3) is 2.89. The Bertz CT molecular complexity index is 992. The van der Waals surface area contributed by atoms with Crippen LogP contribution in [0, 0.1) is 18.3 Å². The van der Waals surface area contributed by atoms with E-state index < -0.39 is 24.0 Å². The minimum absolute atomic E-state index is 0.287. The van der Waals surface area contributed by atoms with Crippen molar-refractivity contribution in [1.29, 1.82) is 5.26 Å². The SMILES string of the molecule is Cc1ccc(N2C(=O)NC3CCN(C(=O)c4ccc(C#N)cc4)C3C2=O)cc1. The number of hydrogen-bond acceptors (Lipinski definition) is 4. The molecular weight excluding hydrogens is 356 g/mol. The summed E-state index contributed by atoms with van der Waals surface area (Å²) in [6.45, 7) is 2.30. The Labute approximate surface area is 162 Å². The molecule has 2 atom stereocenters. The van der Waals surface area contributed by atoms with Gasteiger partial charge in [-0.3, -0.25) is 9.59 Å². The predicted octanol–water partition coefficient (Wildman–Crippen LogP) is 2.21. The van der Waals surface area contributed by atoms with Gasteiger partial charge in [0.2, 0.25) is 0 Å². The van der Waals surface area contributed by atoms with Crippen molar-refractivity contribution in [2.75, 3.05) is 11.4 Å². The van der Waals surface area contributed by atoms with Gasteiger partial charge in [-0.2, -0.15) is 5.26 Å². The number of hydrogen-bond donors (Lipinski definition) is 1. The molecule has 0 aliphatic carbocycles. The number of benzene rings is 2. The summed E-state index contributed by atoms with van der Waals surface area (Å²) >= 11 is 0. The molecule has 2 heterocycles. The van der Waals surface area contributed by atoms with Crippen LogP contribution < -0.4 is 10.2 Å². The van der Waals surface area contributed by atoms with Crippen molar-refractivity contribution in [3.63, 3.8) is 0 Å². The first kappa shape index (κ1) is 17.7. The first-order valence-corrected chi connectivity index (χ1v) is 9.02. The molecule has 0 bridgehead atoms. The van der Waals surface area contributed by atoms with E-state index in [1.165, 1.54) is 4.90 Å². The van der Waals surface area contributed by atoms with E-state index in [1.54, 1.807) is 36.4 Å². The van der Waals surface area contributed by atoms with E-state index in [0.29, 0.717) is 29.8 Å². The van der Waals surface area contributed by atoms with E-state index in [0.717, 1.165) is 10.5 Å². The van der Waals surface area contributed by atoms with E-state index in [4.69, 9.17) is 5.26 Å². The Morgan fingerprint density at radius 1 is 1.11 bits per heavy atom. The van der Waals surface area contributed by atoms with E-state index in [2.05, 4.69) is 5.32 Å². The Balaban J connectivity index is 1.63. The monoisotopic (exact) mass is 374 g/mol. The second kappa shape index (κ2) is 6.82. The van der Waals surface area contributed by atoms with E-state index in [9.17, 15) is 14.4 Å². The minimum atomic E-state index is -0.748. The van der Waals surface area contributed by atoms with Crippen molar-refractivity contribution in [1.82, 2.24) is 10.2 Å². The lowest BCUT2D eigenvalue weighted by Crippen LogP contribution is -2.65. The van der Waals surface area contributed by atoms with Gasteiger partial charge >= 0.3 is 6.03 Å². The molecule has 1 N–H and O–H groups in total. The molecule has 2 fully saturated rings. The average molecular weight is 374 g/mol. The fourth-order valence-electron chi connectivity index (χ4n) is 3.72. The van der Waals surface area contributed by atoms with Crippen LogP contribution in [-0.4, -0.2) is 41.4 Å². The lowest BCUT2D eigenvalue weighted by atomic mass is 10.0. The number of amides is 4. The third-order valence-corrected chi connectivity index (χ3v) is 5.20. The average Bonchev–Trinajstić information content (AvgIpc) is 3.13. The van der Waals surface area contributed by atoms with Gasteiger partial charge in [0, 0.05) is 12.1 Å². The number of aryl methyl sites for hydroxylation is 1. The van der Waals surface area contributed by atoms with Crippen LogP contribution in [0.3, 0.4) is 0 Å². The van der Waals surface area contributed by atoms with Gasteiger partial charge in [-0.05, 0) is 49.7 Å². The van der Waals surface area contributed by atoms with Crippen molar-refractivity contribution in [3.8, 4) is 6.07 Å². The molecule has 140 valence electrons. The second-order valence-electron chi connectivity index (χ2n) is 6.99. The molecular formula is C21H18N4O3. The van der Waals surface area contributed by atoms with E-state index >= 15 is 0 Å². The van der Waals surface area contributed by atoms with Gasteiger partial charge < -0.3 is 10.2 Å². The maximum absolute atomic E-state index is 13.2. The van der Waals surface area contributed by atoms with Crippen LogP contribution in [0.5, 0.6) is 0 Å². The van der Waals surface area contributed by atoms with Gasteiger partial charge in [-0.15, -0.1) is 0 Å². The van der Waals surface area contributed by atoms with Gasteiger partial charge in [0.1, 0.15) is 6.04 Å². The molecule has 0 aromatic heterocycles. The van der Waals surface area contributed by atoms with Crippen LogP contribution in [-0.2, 0) is 4.79 Å². The number of anilines is 1. The molecule has 2 saturated heterocycles. The molecule has 7 heteroatoms. The smallest absolute Gasteiger partial charge is 0.329 e. The molecule has 2 aromatic rings. The Morgan fingerprint density at radius 2 is 1.79 bits per heavy atom. The van der Waals surface area contributed by atoms with Crippen LogP contribution in [0.4, 0.5) is 10.5 Å². The number of rotatable bonds is 2. The van der Waals surface area contributed by atoms with Gasteiger partial charge in [0.25, 0.3) is 11.8 Å². The maximum Gasteiger partial charge on any atom is 0.329 e. The highest BCUT2D eigenvalue weighted by Gasteiger charge is 2.49. The number of carbonyl (C=O) groups is 3. The Kier molecular flexibility index (Phi) is 4.32. The first-order valence-electron chi connectivity index (χ1n) is 9.02. The number of imide groups is 1. The minimum Gasteiger partial charge on any atom is -0.332 e. The van der Waals surface area contributed by atoms with E-state index in [1.807, 2.05) is 25.1 Å². The van der Waals surface area contributed by atoms with Crippen LogP contribution in [0.2, 0.25) is 0 Å². The highest BCUT2D eigenvalue weighted by molar-refractivity contribution is 6.19. The van der Waals surface area contributed by atoms with Crippen LogP contribution in [0.1, 0.15) is 27.9 Å². The zero-order chi connectivity index (χ0) is 19.8. The predicted molar refractivity (Wildman–Crippen MR) is 102 cm³/mol. The summed E-state index contributed by atoms with van der Waals surface area (Å²) in [5.41, 5.74) is 2.36. The van der Waals surface area contributed by atoms with Crippen molar-refractivity contribution >= 4 is 23.5 Å². The van der Waals surface area contributed by atoms with Crippen LogP contribution in [0.15, 0.2) is 48.5 Å². The number of nitrogens with zero attached hydrogens (tertiary/aromatic N) is 3. The molecule has 2 aromatic carbocycles. The highest BCUT2D eigenvalue weighted by Crippen LogP contribution is 2.29. The quantitative estimate of drug-likeness (QED) is 0.872. The van der Waals surface area contributed by atoms with Gasteiger partial charge in [-0.25, -0.2) is 9.69 Å². The normalized spacial score (nSPS) is 21.1. The molecule has 0 spiro atoms. The number of fused-ring (bicyclic) bond motifs is 1. The zero-order valence-corrected chi connectivity index (χ0v) is 15.3. The summed E-state index contributed by atoms with van der Waals surface area (Å²) in [5, 5.41) is 11.8. The molecule has 7 nitrogen and oxygen atoms in total. The van der Waals surface area contributed by atoms with Gasteiger partial charge in [-0.1, -0.05) is 17.7 Å².